The number of para-hydroxylation sites is 1. The van der Waals surface area contributed by atoms with E-state index in [1.807, 2.05) is 55.8 Å². The van der Waals surface area contributed by atoms with Crippen LogP contribution in [0.1, 0.15) is 29.4 Å². The zero-order chi connectivity index (χ0) is 19.4. The van der Waals surface area contributed by atoms with E-state index in [2.05, 4.69) is 10.4 Å². The number of aryl methyl sites for hydroxylation is 1. The Morgan fingerprint density at radius 3 is 2.44 bits per heavy atom. The lowest BCUT2D eigenvalue weighted by Crippen LogP contribution is -2.21. The van der Waals surface area contributed by atoms with Crippen molar-refractivity contribution in [3.63, 3.8) is 0 Å². The standard InChI is InChI=1S/C22H22FN3O/c1-15(18-9-11-19(23)12-10-18)13-22(27)24-14-21-16(2)25-26(17(21)3)20-7-5-4-6-8-20/h4-13H,14H2,1-3H3,(H,24,27)/b15-13-. The fourth-order valence-electron chi connectivity index (χ4n) is 2.97. The Balaban J connectivity index is 1.71. The third kappa shape index (κ3) is 4.31. The molecule has 0 unspecified atom stereocenters. The van der Waals surface area contributed by atoms with E-state index >= 15 is 0 Å². The first-order valence-electron chi connectivity index (χ1n) is 8.78. The Morgan fingerprint density at radius 2 is 1.78 bits per heavy atom. The van der Waals surface area contributed by atoms with Gasteiger partial charge in [-0.15, -0.1) is 0 Å². The van der Waals surface area contributed by atoms with Gasteiger partial charge in [0.25, 0.3) is 0 Å². The number of benzene rings is 2. The number of aromatic nitrogens is 2. The lowest BCUT2D eigenvalue weighted by atomic mass is 10.1. The molecule has 0 aliphatic heterocycles. The summed E-state index contributed by atoms with van der Waals surface area (Å²) in [4.78, 5) is 12.3. The number of carbonyl (C=O) groups excluding carboxylic acids is 1. The Labute approximate surface area is 158 Å². The highest BCUT2D eigenvalue weighted by Crippen LogP contribution is 2.18. The van der Waals surface area contributed by atoms with Crippen molar-refractivity contribution < 1.29 is 9.18 Å². The molecule has 1 amide bonds. The second-order valence-electron chi connectivity index (χ2n) is 6.45. The minimum absolute atomic E-state index is 0.192. The SMILES string of the molecule is C/C(=C/C(=O)NCc1c(C)nn(-c2ccccc2)c1C)c1ccc(F)cc1. The van der Waals surface area contributed by atoms with Crippen LogP contribution in [-0.2, 0) is 11.3 Å². The third-order valence-electron chi connectivity index (χ3n) is 4.53. The summed E-state index contributed by atoms with van der Waals surface area (Å²) >= 11 is 0. The molecule has 27 heavy (non-hydrogen) atoms. The quantitative estimate of drug-likeness (QED) is 0.685. The van der Waals surface area contributed by atoms with Crippen LogP contribution in [0.2, 0.25) is 0 Å². The number of rotatable bonds is 5. The molecule has 0 aliphatic carbocycles. The largest absolute Gasteiger partial charge is 0.348 e. The van der Waals surface area contributed by atoms with Gasteiger partial charge >= 0.3 is 0 Å². The minimum atomic E-state index is -0.294. The van der Waals surface area contributed by atoms with Crippen LogP contribution in [0.5, 0.6) is 0 Å². The number of hydrogen-bond acceptors (Lipinski definition) is 2. The van der Waals surface area contributed by atoms with Gasteiger partial charge < -0.3 is 5.32 Å². The summed E-state index contributed by atoms with van der Waals surface area (Å²) in [6.45, 7) is 6.16. The van der Waals surface area contributed by atoms with E-state index in [9.17, 15) is 9.18 Å². The molecule has 3 aromatic rings. The first-order chi connectivity index (χ1) is 13.0. The van der Waals surface area contributed by atoms with Gasteiger partial charge in [-0.25, -0.2) is 9.07 Å². The molecule has 2 aromatic carbocycles. The number of nitrogens with zero attached hydrogens (tertiary/aromatic N) is 2. The van der Waals surface area contributed by atoms with Gasteiger partial charge in [0, 0.05) is 23.9 Å². The predicted molar refractivity (Wildman–Crippen MR) is 105 cm³/mol. The van der Waals surface area contributed by atoms with Crippen LogP contribution < -0.4 is 5.32 Å². The van der Waals surface area contributed by atoms with Crippen molar-refractivity contribution in [3.8, 4) is 5.69 Å². The second-order valence-corrected chi connectivity index (χ2v) is 6.45. The molecule has 0 aliphatic rings. The summed E-state index contributed by atoms with van der Waals surface area (Å²) in [5, 5.41) is 7.50. The molecule has 0 bridgehead atoms. The molecule has 0 saturated carbocycles. The Kier molecular flexibility index (Phi) is 5.50. The van der Waals surface area contributed by atoms with Gasteiger partial charge in [0.1, 0.15) is 5.82 Å². The van der Waals surface area contributed by atoms with Gasteiger partial charge in [-0.1, -0.05) is 30.3 Å². The maximum Gasteiger partial charge on any atom is 0.244 e. The van der Waals surface area contributed by atoms with Gasteiger partial charge in [0.15, 0.2) is 0 Å². The average Bonchev–Trinajstić information content (AvgIpc) is 2.95. The molecule has 1 heterocycles. The normalized spacial score (nSPS) is 11.5. The monoisotopic (exact) mass is 363 g/mol. The number of amides is 1. The molecule has 0 radical (unpaired) electrons. The lowest BCUT2D eigenvalue weighted by molar-refractivity contribution is -0.116. The van der Waals surface area contributed by atoms with Gasteiger partial charge in [0.2, 0.25) is 5.91 Å². The van der Waals surface area contributed by atoms with Gasteiger partial charge in [-0.2, -0.15) is 5.10 Å². The Morgan fingerprint density at radius 1 is 1.11 bits per heavy atom. The number of hydrogen-bond donors (Lipinski definition) is 1. The van der Waals surface area contributed by atoms with E-state index in [1.54, 1.807) is 12.1 Å². The highest BCUT2D eigenvalue weighted by Gasteiger charge is 2.13. The smallest absolute Gasteiger partial charge is 0.244 e. The summed E-state index contributed by atoms with van der Waals surface area (Å²) < 4.78 is 14.9. The molecule has 5 heteroatoms. The van der Waals surface area contributed by atoms with Crippen molar-refractivity contribution in [1.82, 2.24) is 15.1 Å². The van der Waals surface area contributed by atoms with Crippen LogP contribution in [0.25, 0.3) is 11.3 Å². The van der Waals surface area contributed by atoms with E-state index < -0.39 is 0 Å². The van der Waals surface area contributed by atoms with Crippen LogP contribution in [-0.4, -0.2) is 15.7 Å². The molecule has 0 saturated heterocycles. The number of halogens is 1. The van der Waals surface area contributed by atoms with Crippen LogP contribution >= 0.6 is 0 Å². The van der Waals surface area contributed by atoms with E-state index in [4.69, 9.17) is 0 Å². The maximum atomic E-state index is 13.0. The number of allylic oxidation sites excluding steroid dienone is 1. The highest BCUT2D eigenvalue weighted by atomic mass is 19.1. The van der Waals surface area contributed by atoms with Gasteiger partial charge in [-0.3, -0.25) is 4.79 Å². The lowest BCUT2D eigenvalue weighted by Gasteiger charge is -2.07. The van der Waals surface area contributed by atoms with Crippen LogP contribution in [0, 0.1) is 19.7 Å². The third-order valence-corrected chi connectivity index (χ3v) is 4.53. The van der Waals surface area contributed by atoms with Crippen molar-refractivity contribution in [2.75, 3.05) is 0 Å². The van der Waals surface area contributed by atoms with Crippen molar-refractivity contribution in [2.24, 2.45) is 0 Å². The molecule has 1 N–H and O–H groups in total. The van der Waals surface area contributed by atoms with Crippen LogP contribution in [0.3, 0.4) is 0 Å². The topological polar surface area (TPSA) is 46.9 Å². The fraction of sp³-hybridized carbons (Fsp3) is 0.182. The summed E-state index contributed by atoms with van der Waals surface area (Å²) in [5.41, 5.74) is 5.47. The van der Waals surface area contributed by atoms with Crippen molar-refractivity contribution in [2.45, 2.75) is 27.3 Å². The minimum Gasteiger partial charge on any atom is -0.348 e. The molecule has 0 spiro atoms. The Bertz CT molecular complexity index is 973. The number of carbonyl (C=O) groups is 1. The van der Waals surface area contributed by atoms with E-state index in [0.29, 0.717) is 6.54 Å². The van der Waals surface area contributed by atoms with Crippen molar-refractivity contribution in [3.05, 3.63) is 89.0 Å². The molecule has 0 atom stereocenters. The Hall–Kier alpha value is -3.21. The molecular formula is C22H22FN3O. The van der Waals surface area contributed by atoms with E-state index in [1.165, 1.54) is 18.2 Å². The summed E-state index contributed by atoms with van der Waals surface area (Å²) in [7, 11) is 0. The van der Waals surface area contributed by atoms with Gasteiger partial charge in [0.05, 0.1) is 11.4 Å². The first kappa shape index (κ1) is 18.6. The highest BCUT2D eigenvalue weighted by molar-refractivity contribution is 5.94. The summed E-state index contributed by atoms with van der Waals surface area (Å²) in [6.07, 6.45) is 1.53. The predicted octanol–water partition coefficient (Wildman–Crippen LogP) is 4.35. The zero-order valence-electron chi connectivity index (χ0n) is 15.7. The molecular weight excluding hydrogens is 341 g/mol. The van der Waals surface area contributed by atoms with Crippen molar-refractivity contribution in [1.29, 1.82) is 0 Å². The molecule has 1 aromatic heterocycles. The second kappa shape index (κ2) is 7.99. The van der Waals surface area contributed by atoms with Crippen molar-refractivity contribution >= 4 is 11.5 Å². The fourth-order valence-corrected chi connectivity index (χ4v) is 2.97. The van der Waals surface area contributed by atoms with E-state index in [0.717, 1.165) is 33.8 Å². The van der Waals surface area contributed by atoms with Crippen LogP contribution in [0.4, 0.5) is 4.39 Å². The van der Waals surface area contributed by atoms with E-state index in [-0.39, 0.29) is 11.7 Å². The number of nitrogens with one attached hydrogen (secondary N) is 1. The van der Waals surface area contributed by atoms with Gasteiger partial charge in [-0.05, 0) is 56.2 Å². The molecule has 4 nitrogen and oxygen atoms in total. The first-order valence-corrected chi connectivity index (χ1v) is 8.78. The molecule has 138 valence electrons. The van der Waals surface area contributed by atoms with Crippen LogP contribution in [0.15, 0.2) is 60.7 Å². The maximum absolute atomic E-state index is 13.0. The summed E-state index contributed by atoms with van der Waals surface area (Å²) in [5.74, 6) is -0.486. The molecule has 3 rings (SSSR count). The summed E-state index contributed by atoms with van der Waals surface area (Å²) in [6, 6.07) is 16.0. The zero-order valence-corrected chi connectivity index (χ0v) is 15.7. The average molecular weight is 363 g/mol. The molecule has 0 fully saturated rings.